The van der Waals surface area contributed by atoms with Crippen LogP contribution in [0.1, 0.15) is 25.0 Å². The number of rotatable bonds is 6. The number of hydrogen-bond acceptors (Lipinski definition) is 2. The zero-order valence-electron chi connectivity index (χ0n) is 31.9. The minimum absolute atomic E-state index is 0.0980. The first-order valence-electron chi connectivity index (χ1n) is 19.7. The van der Waals surface area contributed by atoms with Gasteiger partial charge in [0, 0.05) is 39.6 Å². The summed E-state index contributed by atoms with van der Waals surface area (Å²) in [5.74, 6) is 0. The highest BCUT2D eigenvalue weighted by atomic mass is 15.1. The van der Waals surface area contributed by atoms with Gasteiger partial charge in [-0.1, -0.05) is 159 Å². The van der Waals surface area contributed by atoms with Crippen LogP contribution < -0.4 is 4.90 Å². The van der Waals surface area contributed by atoms with Crippen LogP contribution in [0.3, 0.4) is 0 Å². The Morgan fingerprint density at radius 2 is 0.965 bits per heavy atom. The van der Waals surface area contributed by atoms with Gasteiger partial charge in [0.2, 0.25) is 0 Å². The molecule has 0 saturated carbocycles. The molecule has 57 heavy (non-hydrogen) atoms. The molecular weight excluding hydrogens is 691 g/mol. The molecule has 0 aliphatic heterocycles. The minimum Gasteiger partial charge on any atom is -0.310 e. The highest BCUT2D eigenvalue weighted by Gasteiger charge is 2.35. The molecule has 3 nitrogen and oxygen atoms in total. The number of benzene rings is 8. The van der Waals surface area contributed by atoms with Crippen LogP contribution >= 0.6 is 0 Å². The first-order valence-corrected chi connectivity index (χ1v) is 19.7. The first-order chi connectivity index (χ1) is 28.0. The van der Waals surface area contributed by atoms with Crippen LogP contribution in [0.5, 0.6) is 0 Å². The van der Waals surface area contributed by atoms with Gasteiger partial charge in [0.25, 0.3) is 0 Å². The summed E-state index contributed by atoms with van der Waals surface area (Å²) in [7, 11) is 0. The minimum atomic E-state index is -0.0980. The zero-order chi connectivity index (χ0) is 38.1. The van der Waals surface area contributed by atoms with Gasteiger partial charge in [-0.2, -0.15) is 0 Å². The molecule has 0 N–H and O–H groups in total. The van der Waals surface area contributed by atoms with E-state index in [-0.39, 0.29) is 5.41 Å². The molecule has 0 bridgehead atoms. The lowest BCUT2D eigenvalue weighted by Gasteiger charge is -2.28. The summed E-state index contributed by atoms with van der Waals surface area (Å²) in [6, 6.07) is 70.3. The van der Waals surface area contributed by atoms with Crippen molar-refractivity contribution in [2.24, 2.45) is 0 Å². The lowest BCUT2D eigenvalue weighted by Crippen LogP contribution is -2.16. The fraction of sp³-hybridized carbons (Fsp3) is 0.0556. The second-order valence-electron chi connectivity index (χ2n) is 15.7. The Labute approximate surface area is 332 Å². The Kier molecular flexibility index (Phi) is 7.52. The first kappa shape index (κ1) is 33.1. The van der Waals surface area contributed by atoms with E-state index < -0.39 is 0 Å². The molecule has 1 aliphatic carbocycles. The molecule has 3 heteroatoms. The number of aromatic nitrogens is 2. The summed E-state index contributed by atoms with van der Waals surface area (Å²) < 4.78 is 2.27. The van der Waals surface area contributed by atoms with Crippen molar-refractivity contribution in [3.8, 4) is 44.5 Å². The third-order valence-electron chi connectivity index (χ3n) is 12.0. The van der Waals surface area contributed by atoms with Gasteiger partial charge in [-0.05, 0) is 104 Å². The second kappa shape index (κ2) is 12.9. The van der Waals surface area contributed by atoms with Crippen LogP contribution in [0.4, 0.5) is 17.1 Å². The Hall–Kier alpha value is -7.23. The summed E-state index contributed by atoms with van der Waals surface area (Å²) in [6.07, 6.45) is 2.26. The predicted molar refractivity (Wildman–Crippen MR) is 239 cm³/mol. The van der Waals surface area contributed by atoms with E-state index in [1.54, 1.807) is 0 Å². The molecular formula is C54H39N3. The standard InChI is InChI=1S/C54H39N3/c1-54(2)49-20-12-11-18-45(49)46-31-30-43(34-50(46)54)57(41-26-21-37(22-27-41)36-13-5-3-6-14-36)42-28-23-38(24-29-42)40-25-32-51-52(33-40)56-35-48(39-15-7-4-8-16-39)44-17-9-10-19-47(44)53(56)55-51/h3-35H,1-2H3. The van der Waals surface area contributed by atoms with Crippen LogP contribution in [0, 0.1) is 0 Å². The molecule has 0 radical (unpaired) electrons. The summed E-state index contributed by atoms with van der Waals surface area (Å²) >= 11 is 0. The van der Waals surface area contributed by atoms with Crippen molar-refractivity contribution < 1.29 is 0 Å². The van der Waals surface area contributed by atoms with Gasteiger partial charge in [-0.15, -0.1) is 0 Å². The number of nitrogens with zero attached hydrogens (tertiary/aromatic N) is 3. The van der Waals surface area contributed by atoms with Crippen molar-refractivity contribution >= 4 is 44.5 Å². The van der Waals surface area contributed by atoms with Gasteiger partial charge in [0.05, 0.1) is 11.0 Å². The molecule has 0 atom stereocenters. The van der Waals surface area contributed by atoms with E-state index in [1.807, 2.05) is 0 Å². The quantitative estimate of drug-likeness (QED) is 0.170. The highest BCUT2D eigenvalue weighted by molar-refractivity contribution is 6.06. The van der Waals surface area contributed by atoms with E-state index >= 15 is 0 Å². The number of hydrogen-bond donors (Lipinski definition) is 0. The van der Waals surface area contributed by atoms with Gasteiger partial charge in [0.15, 0.2) is 0 Å². The van der Waals surface area contributed by atoms with Crippen molar-refractivity contribution in [3.05, 3.63) is 211 Å². The molecule has 270 valence electrons. The molecule has 1 aliphatic rings. The Balaban J connectivity index is 1.01. The van der Waals surface area contributed by atoms with Crippen LogP contribution in [0.25, 0.3) is 72.0 Å². The molecule has 0 fully saturated rings. The third-order valence-corrected chi connectivity index (χ3v) is 12.0. The molecule has 2 heterocycles. The summed E-state index contributed by atoms with van der Waals surface area (Å²) in [5.41, 5.74) is 18.8. The molecule has 8 aromatic carbocycles. The average Bonchev–Trinajstić information content (AvgIpc) is 3.76. The van der Waals surface area contributed by atoms with Crippen molar-refractivity contribution in [2.75, 3.05) is 4.90 Å². The van der Waals surface area contributed by atoms with Gasteiger partial charge in [0.1, 0.15) is 5.65 Å². The lowest BCUT2D eigenvalue weighted by atomic mass is 9.82. The smallest absolute Gasteiger partial charge is 0.145 e. The maximum atomic E-state index is 5.15. The Morgan fingerprint density at radius 1 is 0.421 bits per heavy atom. The van der Waals surface area contributed by atoms with Crippen molar-refractivity contribution in [1.82, 2.24) is 9.38 Å². The molecule has 0 amide bonds. The number of pyridine rings is 1. The molecule has 0 spiro atoms. The molecule has 11 rings (SSSR count). The number of fused-ring (bicyclic) bond motifs is 8. The third kappa shape index (κ3) is 5.38. The fourth-order valence-electron chi connectivity index (χ4n) is 9.07. The van der Waals surface area contributed by atoms with Crippen LogP contribution in [0.2, 0.25) is 0 Å². The van der Waals surface area contributed by atoms with Crippen molar-refractivity contribution in [3.63, 3.8) is 0 Å². The zero-order valence-corrected chi connectivity index (χ0v) is 31.9. The van der Waals surface area contributed by atoms with Crippen molar-refractivity contribution in [1.29, 1.82) is 0 Å². The van der Waals surface area contributed by atoms with Crippen LogP contribution in [0.15, 0.2) is 200 Å². The topological polar surface area (TPSA) is 20.5 Å². The van der Waals surface area contributed by atoms with Crippen molar-refractivity contribution in [2.45, 2.75) is 19.3 Å². The molecule has 2 aromatic heterocycles. The summed E-state index contributed by atoms with van der Waals surface area (Å²) in [4.78, 5) is 7.54. The van der Waals surface area contributed by atoms with Gasteiger partial charge in [-0.3, -0.25) is 4.40 Å². The Morgan fingerprint density at radius 3 is 1.68 bits per heavy atom. The number of anilines is 3. The molecule has 0 saturated heterocycles. The SMILES string of the molecule is CC1(C)c2ccccc2-c2ccc(N(c3ccc(-c4ccccc4)cc3)c3ccc(-c4ccc5nc6c7ccccc7c(-c7ccccc7)cn6c5c4)cc3)cc21. The van der Waals surface area contributed by atoms with Gasteiger partial charge >= 0.3 is 0 Å². The van der Waals surface area contributed by atoms with Crippen LogP contribution in [-0.2, 0) is 5.41 Å². The van der Waals surface area contributed by atoms with Gasteiger partial charge < -0.3 is 4.90 Å². The molecule has 0 unspecified atom stereocenters. The second-order valence-corrected chi connectivity index (χ2v) is 15.7. The van der Waals surface area contributed by atoms with E-state index in [4.69, 9.17) is 4.98 Å². The predicted octanol–water partition coefficient (Wildman–Crippen LogP) is 14.4. The van der Waals surface area contributed by atoms with Crippen LogP contribution in [-0.4, -0.2) is 9.38 Å². The number of imidazole rings is 1. The maximum Gasteiger partial charge on any atom is 0.145 e. The lowest BCUT2D eigenvalue weighted by molar-refractivity contribution is 0.660. The fourth-order valence-corrected chi connectivity index (χ4v) is 9.07. The summed E-state index contributed by atoms with van der Waals surface area (Å²) in [6.45, 7) is 4.70. The van der Waals surface area contributed by atoms with E-state index in [0.29, 0.717) is 0 Å². The van der Waals surface area contributed by atoms with Gasteiger partial charge in [-0.25, -0.2) is 4.98 Å². The van der Waals surface area contributed by atoms with E-state index in [2.05, 4.69) is 223 Å². The normalized spacial score (nSPS) is 12.9. The van der Waals surface area contributed by atoms with E-state index in [1.165, 1.54) is 49.9 Å². The maximum absolute atomic E-state index is 5.15. The molecule has 10 aromatic rings. The largest absolute Gasteiger partial charge is 0.310 e. The monoisotopic (exact) mass is 729 g/mol. The Bertz CT molecular complexity index is 3120. The van der Waals surface area contributed by atoms with E-state index in [0.717, 1.165) is 50.3 Å². The highest BCUT2D eigenvalue weighted by Crippen LogP contribution is 2.50. The van der Waals surface area contributed by atoms with E-state index in [9.17, 15) is 0 Å². The summed E-state index contributed by atoms with van der Waals surface area (Å²) in [5, 5.41) is 2.36. The average molecular weight is 730 g/mol.